The Hall–Kier alpha value is -4.37. The Labute approximate surface area is 401 Å². The predicted octanol–water partition coefficient (Wildman–Crippen LogP) is 8.79. The maximum atomic E-state index is 14.7. The van der Waals surface area contributed by atoms with Gasteiger partial charge in [0, 0.05) is 12.8 Å². The van der Waals surface area contributed by atoms with E-state index in [4.69, 9.17) is 20.3 Å². The third kappa shape index (κ3) is 20.4. The Balaban J connectivity index is 1.90. The number of hydrogen-bond donors (Lipinski definition) is 5. The molecule has 0 bridgehead atoms. The van der Waals surface area contributed by atoms with E-state index < -0.39 is 84.8 Å². The lowest BCUT2D eigenvalue weighted by Gasteiger charge is -2.55. The highest BCUT2D eigenvalue weighted by Gasteiger charge is 2.69. The SMILES string of the molecule is [3H]C(NC(=O)CCCCCCCCCCC)C(=O)O[C@]1(C(C)(CC(=O)OCc2ccccc2)C(=O)OCc2ccccc2)C[C@](O)(NC(=O)CCCCCCCCCCCCC)O[C@H](CO)[C@H]1O. The van der Waals surface area contributed by atoms with E-state index in [0.717, 1.165) is 57.8 Å². The Morgan fingerprint density at radius 3 is 1.61 bits per heavy atom. The quantitative estimate of drug-likeness (QED) is 0.0190. The van der Waals surface area contributed by atoms with Gasteiger partial charge in [-0.05, 0) is 30.9 Å². The molecular formula is C53H82N2O12. The number of ether oxygens (including phenoxy) is 4. The molecule has 0 aromatic heterocycles. The zero-order valence-electron chi connectivity index (χ0n) is 41.6. The van der Waals surface area contributed by atoms with Gasteiger partial charge in [-0.3, -0.25) is 24.0 Å². The van der Waals surface area contributed by atoms with Crippen LogP contribution in [0, 0.1) is 5.41 Å². The fraction of sp³-hybridized carbons (Fsp3) is 0.679. The molecule has 5 N–H and O–H groups in total. The summed E-state index contributed by atoms with van der Waals surface area (Å²) in [5.41, 5.74) is -4.09. The van der Waals surface area contributed by atoms with Crippen LogP contribution >= 0.6 is 0 Å². The predicted molar refractivity (Wildman–Crippen MR) is 256 cm³/mol. The number of aliphatic hydroxyl groups is 3. The lowest BCUT2D eigenvalue weighted by atomic mass is 9.63. The van der Waals surface area contributed by atoms with Crippen LogP contribution in [0.3, 0.4) is 0 Å². The summed E-state index contributed by atoms with van der Waals surface area (Å²) in [5.74, 6) is -7.74. The minimum Gasteiger partial charge on any atom is -0.461 e. The number of esters is 3. The smallest absolute Gasteiger partial charge is 0.326 e. The molecule has 67 heavy (non-hydrogen) atoms. The Morgan fingerprint density at radius 2 is 1.13 bits per heavy atom. The van der Waals surface area contributed by atoms with Gasteiger partial charge in [-0.25, -0.2) is 0 Å². The highest BCUT2D eigenvalue weighted by molar-refractivity contribution is 5.86. The average Bonchev–Trinajstić information content (AvgIpc) is 3.32. The summed E-state index contributed by atoms with van der Waals surface area (Å²) in [6.07, 6.45) is 14.7. The molecule has 1 aliphatic rings. The van der Waals surface area contributed by atoms with E-state index in [1.807, 2.05) is 0 Å². The van der Waals surface area contributed by atoms with Gasteiger partial charge in [-0.1, -0.05) is 190 Å². The molecule has 2 amide bonds. The molecule has 0 radical (unpaired) electrons. The van der Waals surface area contributed by atoms with Crippen molar-refractivity contribution in [2.24, 2.45) is 5.41 Å². The van der Waals surface area contributed by atoms with Crippen molar-refractivity contribution in [3.8, 4) is 0 Å². The first-order valence-corrected chi connectivity index (χ1v) is 25.1. The van der Waals surface area contributed by atoms with Gasteiger partial charge >= 0.3 is 17.9 Å². The first-order chi connectivity index (χ1) is 32.7. The molecule has 14 nitrogen and oxygen atoms in total. The maximum absolute atomic E-state index is 14.7. The molecule has 1 fully saturated rings. The lowest BCUT2D eigenvalue weighted by molar-refractivity contribution is -0.355. The van der Waals surface area contributed by atoms with Crippen LogP contribution in [0.25, 0.3) is 0 Å². The number of benzene rings is 2. The molecule has 1 heterocycles. The molecule has 2 aromatic carbocycles. The normalized spacial score (nSPS) is 20.7. The highest BCUT2D eigenvalue weighted by Crippen LogP contribution is 2.51. The Bertz CT molecular complexity index is 1770. The molecule has 0 saturated carbocycles. The van der Waals surface area contributed by atoms with Crippen LogP contribution in [0.2, 0.25) is 0 Å². The number of hydrogen-bond acceptors (Lipinski definition) is 12. The van der Waals surface area contributed by atoms with E-state index in [0.29, 0.717) is 24.0 Å². The number of aliphatic hydroxyl groups excluding tert-OH is 2. The van der Waals surface area contributed by atoms with Gasteiger partial charge in [0.25, 0.3) is 5.91 Å². The highest BCUT2D eigenvalue weighted by atomic mass is 16.7. The van der Waals surface area contributed by atoms with E-state index in [1.54, 1.807) is 60.7 Å². The molecular weight excluding hydrogens is 857 g/mol. The summed E-state index contributed by atoms with van der Waals surface area (Å²) in [6, 6.07) is 17.3. The molecule has 1 saturated heterocycles. The zero-order valence-corrected chi connectivity index (χ0v) is 40.6. The Morgan fingerprint density at radius 1 is 0.687 bits per heavy atom. The summed E-state index contributed by atoms with van der Waals surface area (Å²) in [6.45, 7) is 1.87. The van der Waals surface area contributed by atoms with Crippen LogP contribution in [-0.4, -0.2) is 81.9 Å². The van der Waals surface area contributed by atoms with E-state index in [9.17, 15) is 39.3 Å². The molecule has 0 aliphatic carbocycles. The fourth-order valence-electron chi connectivity index (χ4n) is 8.66. The van der Waals surface area contributed by atoms with Crippen molar-refractivity contribution in [3.05, 3.63) is 71.8 Å². The van der Waals surface area contributed by atoms with Crippen molar-refractivity contribution >= 4 is 29.7 Å². The van der Waals surface area contributed by atoms with Gasteiger partial charge in [0.1, 0.15) is 37.4 Å². The van der Waals surface area contributed by atoms with Crippen molar-refractivity contribution in [1.82, 2.24) is 10.6 Å². The van der Waals surface area contributed by atoms with Gasteiger partial charge in [0.15, 0.2) is 5.60 Å². The number of carbonyl (C=O) groups excluding carboxylic acids is 5. The number of rotatable bonds is 35. The summed E-state index contributed by atoms with van der Waals surface area (Å²) in [5, 5.41) is 39.7. The number of nitrogens with one attached hydrogen (secondary N) is 2. The molecule has 6 atom stereocenters. The van der Waals surface area contributed by atoms with Crippen molar-refractivity contribution in [3.63, 3.8) is 0 Å². The summed E-state index contributed by atoms with van der Waals surface area (Å²) >= 11 is 0. The first kappa shape index (κ1) is 55.2. The molecule has 2 aromatic rings. The second-order valence-corrected chi connectivity index (χ2v) is 18.4. The van der Waals surface area contributed by atoms with Gasteiger partial charge in [0.2, 0.25) is 11.8 Å². The third-order valence-corrected chi connectivity index (χ3v) is 12.7. The monoisotopic (exact) mass is 941 g/mol. The first-order valence-electron chi connectivity index (χ1n) is 25.7. The van der Waals surface area contributed by atoms with Crippen molar-refractivity contribution in [1.29, 1.82) is 0 Å². The summed E-state index contributed by atoms with van der Waals surface area (Å²) in [4.78, 5) is 69.3. The van der Waals surface area contributed by atoms with E-state index in [1.165, 1.54) is 64.7 Å². The van der Waals surface area contributed by atoms with Crippen molar-refractivity contribution in [2.45, 2.75) is 212 Å². The number of amides is 2. The second-order valence-electron chi connectivity index (χ2n) is 18.4. The topological polar surface area (TPSA) is 207 Å². The fourth-order valence-corrected chi connectivity index (χ4v) is 8.66. The van der Waals surface area contributed by atoms with E-state index >= 15 is 0 Å². The molecule has 0 spiro atoms. The standard InChI is InChI=1S/C53H82N2O12/c1-4-6-8-10-12-14-15-17-19-21-29-35-46(58)55-53(63)41-52(49(61)44(38-56)66-53,67-48(60)37-54-45(57)34-28-20-18-16-13-11-9-7-5-2)51(3,50(62)65-40-43-32-26-23-27-33-43)36-47(59)64-39-42-30-24-22-25-31-42/h22-27,30-33,44,49,56,61,63H,4-21,28-29,34-41H2,1-3H3,(H,54,57)(H,55,58)/t44-,49-,51?,52-,53-/m1/s1/i37T/t37?,44-,49-,51?,52-,53-. The maximum Gasteiger partial charge on any atom is 0.326 e. The van der Waals surface area contributed by atoms with Crippen LogP contribution in [0.4, 0.5) is 0 Å². The van der Waals surface area contributed by atoms with Crippen LogP contribution < -0.4 is 10.6 Å². The molecule has 14 heteroatoms. The van der Waals surface area contributed by atoms with Crippen LogP contribution in [0.1, 0.15) is 187 Å². The molecule has 2 unspecified atom stereocenters. The minimum absolute atomic E-state index is 0.0222. The second kappa shape index (κ2) is 31.6. The molecule has 1 aliphatic heterocycles. The lowest BCUT2D eigenvalue weighted by Crippen LogP contribution is -2.75. The zero-order chi connectivity index (χ0) is 49.7. The summed E-state index contributed by atoms with van der Waals surface area (Å²) < 4.78 is 31.8. The van der Waals surface area contributed by atoms with Gasteiger partial charge < -0.3 is 44.9 Å². The van der Waals surface area contributed by atoms with Crippen LogP contribution in [-0.2, 0) is 56.1 Å². The van der Waals surface area contributed by atoms with Gasteiger partial charge in [-0.2, -0.15) is 0 Å². The van der Waals surface area contributed by atoms with Gasteiger partial charge in [0.05, 0.1) is 20.8 Å². The van der Waals surface area contributed by atoms with Crippen molar-refractivity contribution in [2.75, 3.05) is 13.1 Å². The third-order valence-electron chi connectivity index (χ3n) is 12.7. The van der Waals surface area contributed by atoms with Crippen molar-refractivity contribution < 1.29 is 59.6 Å². The number of unbranched alkanes of at least 4 members (excludes halogenated alkanes) is 18. The largest absolute Gasteiger partial charge is 0.461 e. The summed E-state index contributed by atoms with van der Waals surface area (Å²) in [7, 11) is 0. The van der Waals surface area contributed by atoms with E-state index in [2.05, 4.69) is 24.5 Å². The minimum atomic E-state index is -2.81. The Kier molecular flexibility index (Phi) is 26.1. The van der Waals surface area contributed by atoms with Crippen LogP contribution in [0.15, 0.2) is 60.7 Å². The van der Waals surface area contributed by atoms with Gasteiger partial charge in [-0.15, -0.1) is 0 Å². The molecule has 376 valence electrons. The molecule has 3 rings (SSSR count). The van der Waals surface area contributed by atoms with E-state index in [-0.39, 0.29) is 26.1 Å². The van der Waals surface area contributed by atoms with Crippen LogP contribution in [0.5, 0.6) is 0 Å². The number of carbonyl (C=O) groups is 5. The average molecular weight is 941 g/mol.